The maximum atomic E-state index is 13.4. The molecule has 0 aliphatic carbocycles. The third-order valence-corrected chi connectivity index (χ3v) is 4.42. The average Bonchev–Trinajstić information content (AvgIpc) is 3.19. The van der Waals surface area contributed by atoms with E-state index in [0.717, 1.165) is 12.1 Å². The lowest BCUT2D eigenvalue weighted by atomic mass is 9.99. The number of nitriles is 1. The van der Waals surface area contributed by atoms with Gasteiger partial charge in [-0.3, -0.25) is 0 Å². The summed E-state index contributed by atoms with van der Waals surface area (Å²) in [6.45, 7) is 1.55. The molecule has 0 bridgehead atoms. The topological polar surface area (TPSA) is 74.6 Å². The molecule has 0 aliphatic rings. The van der Waals surface area contributed by atoms with E-state index in [0.29, 0.717) is 6.07 Å². The summed E-state index contributed by atoms with van der Waals surface area (Å²) in [5.41, 5.74) is -2.73. The maximum Gasteiger partial charge on any atom is 0.416 e. The molecule has 0 fully saturated rings. The lowest BCUT2D eigenvalue weighted by Crippen LogP contribution is -2.15. The molecule has 1 atom stereocenters. The number of nitrogens with one attached hydrogen (secondary N) is 1. The fourth-order valence-corrected chi connectivity index (χ4v) is 3.04. The van der Waals surface area contributed by atoms with Gasteiger partial charge in [0.2, 0.25) is 0 Å². The van der Waals surface area contributed by atoms with Gasteiger partial charge in [-0.25, -0.2) is 0 Å². The van der Waals surface area contributed by atoms with Gasteiger partial charge < -0.3 is 4.74 Å². The van der Waals surface area contributed by atoms with Crippen molar-refractivity contribution >= 4 is 0 Å². The first kappa shape index (κ1) is 22.1. The van der Waals surface area contributed by atoms with Crippen molar-refractivity contribution in [2.24, 2.45) is 0 Å². The van der Waals surface area contributed by atoms with Gasteiger partial charge in [-0.2, -0.15) is 41.9 Å². The Morgan fingerprint density at radius 2 is 1.74 bits per heavy atom. The van der Waals surface area contributed by atoms with E-state index in [1.165, 1.54) is 24.3 Å². The fourth-order valence-electron chi connectivity index (χ4n) is 3.04. The molecule has 0 amide bonds. The van der Waals surface area contributed by atoms with Crippen LogP contribution in [-0.4, -0.2) is 15.4 Å². The molecule has 0 aliphatic heterocycles. The number of alkyl halides is 6. The van der Waals surface area contributed by atoms with Crippen molar-refractivity contribution < 1.29 is 31.1 Å². The van der Waals surface area contributed by atoms with Gasteiger partial charge in [-0.1, -0.05) is 25.1 Å². The van der Waals surface area contributed by atoms with Crippen LogP contribution in [0, 0.1) is 11.3 Å². The number of halogens is 6. The Labute approximate surface area is 172 Å². The minimum absolute atomic E-state index is 0.0616. The van der Waals surface area contributed by atoms with Crippen molar-refractivity contribution in [3.63, 3.8) is 0 Å². The van der Waals surface area contributed by atoms with Crippen molar-refractivity contribution in [2.75, 3.05) is 0 Å². The summed E-state index contributed by atoms with van der Waals surface area (Å²) in [6.07, 6.45) is -10.5. The van der Waals surface area contributed by atoms with Crippen LogP contribution in [0.25, 0.3) is 11.3 Å². The van der Waals surface area contributed by atoms with Crippen LogP contribution in [0.3, 0.4) is 0 Å². The SMILES string of the molecule is CCC(Oc1cc(-c2n[nH]nc2C#N)cc(C(F)(F)F)c1)c1ccccc1C(F)(F)F. The highest BCUT2D eigenvalue weighted by Crippen LogP contribution is 2.40. The minimum Gasteiger partial charge on any atom is -0.486 e. The number of nitrogens with zero attached hydrogens (tertiary/aromatic N) is 3. The number of rotatable bonds is 5. The van der Waals surface area contributed by atoms with Crippen LogP contribution in [0.4, 0.5) is 26.3 Å². The van der Waals surface area contributed by atoms with Crippen LogP contribution in [-0.2, 0) is 12.4 Å². The Morgan fingerprint density at radius 3 is 2.35 bits per heavy atom. The Morgan fingerprint density at radius 1 is 1.03 bits per heavy atom. The number of benzene rings is 2. The second-order valence-electron chi connectivity index (χ2n) is 6.48. The second kappa shape index (κ2) is 8.29. The van der Waals surface area contributed by atoms with Gasteiger partial charge in [0.15, 0.2) is 5.69 Å². The van der Waals surface area contributed by atoms with Crippen molar-refractivity contribution in [3.05, 3.63) is 64.8 Å². The third kappa shape index (κ3) is 4.79. The number of aromatic nitrogens is 3. The monoisotopic (exact) mass is 440 g/mol. The molecule has 0 spiro atoms. The highest BCUT2D eigenvalue weighted by Gasteiger charge is 2.36. The van der Waals surface area contributed by atoms with Crippen molar-refractivity contribution in [1.29, 1.82) is 5.26 Å². The van der Waals surface area contributed by atoms with E-state index in [4.69, 9.17) is 10.00 Å². The van der Waals surface area contributed by atoms with E-state index in [2.05, 4.69) is 15.4 Å². The van der Waals surface area contributed by atoms with E-state index >= 15 is 0 Å². The Bertz CT molecular complexity index is 1110. The second-order valence-corrected chi connectivity index (χ2v) is 6.48. The summed E-state index contributed by atoms with van der Waals surface area (Å²) in [5, 5.41) is 18.5. The highest BCUT2D eigenvalue weighted by molar-refractivity contribution is 5.67. The zero-order valence-electron chi connectivity index (χ0n) is 15.8. The average molecular weight is 440 g/mol. The molecule has 162 valence electrons. The van der Waals surface area contributed by atoms with Crippen LogP contribution in [0.15, 0.2) is 42.5 Å². The summed E-state index contributed by atoms with van der Waals surface area (Å²) < 4.78 is 86.0. The van der Waals surface area contributed by atoms with Gasteiger partial charge in [0.05, 0.1) is 11.1 Å². The Kier molecular flexibility index (Phi) is 5.92. The van der Waals surface area contributed by atoms with Crippen molar-refractivity contribution in [3.8, 4) is 23.1 Å². The summed E-state index contributed by atoms with van der Waals surface area (Å²) in [5.74, 6) is -0.319. The summed E-state index contributed by atoms with van der Waals surface area (Å²) in [7, 11) is 0. The van der Waals surface area contributed by atoms with Crippen molar-refractivity contribution in [1.82, 2.24) is 15.4 Å². The first-order valence-electron chi connectivity index (χ1n) is 8.91. The standard InChI is InChI=1S/C20H14F6N4O/c1-2-17(14-5-3-4-6-15(14)20(24,25)26)31-13-8-11(7-12(9-13)19(21,22)23)18-16(10-27)28-30-29-18/h3-9,17H,2H2,1H3,(H,28,29,30). The molecule has 0 saturated heterocycles. The van der Waals surface area contributed by atoms with Crippen molar-refractivity contribution in [2.45, 2.75) is 31.8 Å². The van der Waals surface area contributed by atoms with Gasteiger partial charge in [-0.15, -0.1) is 5.10 Å². The molecule has 1 unspecified atom stereocenters. The third-order valence-electron chi connectivity index (χ3n) is 4.42. The van der Waals surface area contributed by atoms with E-state index in [-0.39, 0.29) is 34.7 Å². The minimum atomic E-state index is -4.77. The molecule has 2 aromatic carbocycles. The number of H-pyrrole nitrogens is 1. The molecule has 11 heteroatoms. The Hall–Kier alpha value is -3.55. The van der Waals surface area contributed by atoms with Crippen LogP contribution in [0.1, 0.15) is 41.8 Å². The predicted molar refractivity (Wildman–Crippen MR) is 96.6 cm³/mol. The normalized spacial score (nSPS) is 13.0. The number of aromatic amines is 1. The highest BCUT2D eigenvalue weighted by atomic mass is 19.4. The molecule has 1 N–H and O–H groups in total. The number of hydrogen-bond donors (Lipinski definition) is 1. The van der Waals surface area contributed by atoms with Gasteiger partial charge in [0.1, 0.15) is 23.6 Å². The zero-order chi connectivity index (χ0) is 22.8. The van der Waals surface area contributed by atoms with Gasteiger partial charge >= 0.3 is 12.4 Å². The quantitative estimate of drug-likeness (QED) is 0.501. The largest absolute Gasteiger partial charge is 0.486 e. The van der Waals surface area contributed by atoms with Crippen LogP contribution in [0.5, 0.6) is 5.75 Å². The lowest BCUT2D eigenvalue weighted by Gasteiger charge is -2.23. The molecule has 5 nitrogen and oxygen atoms in total. The molecule has 3 rings (SSSR count). The van der Waals surface area contributed by atoms with E-state index in [1.807, 2.05) is 0 Å². The van der Waals surface area contributed by atoms with E-state index in [9.17, 15) is 26.3 Å². The smallest absolute Gasteiger partial charge is 0.416 e. The number of ether oxygens (including phenoxy) is 1. The molecule has 0 saturated carbocycles. The molecular formula is C20H14F6N4O. The van der Waals surface area contributed by atoms with Crippen LogP contribution < -0.4 is 4.74 Å². The van der Waals surface area contributed by atoms with Crippen LogP contribution in [0.2, 0.25) is 0 Å². The maximum absolute atomic E-state index is 13.4. The summed E-state index contributed by atoms with van der Waals surface area (Å²) in [6, 6.07) is 9.04. The first-order valence-corrected chi connectivity index (χ1v) is 8.91. The fraction of sp³-hybridized carbons (Fsp3) is 0.250. The lowest BCUT2D eigenvalue weighted by molar-refractivity contribution is -0.139. The van der Waals surface area contributed by atoms with Gasteiger partial charge in [-0.05, 0) is 30.7 Å². The van der Waals surface area contributed by atoms with E-state index in [1.54, 1.807) is 13.0 Å². The zero-order valence-corrected chi connectivity index (χ0v) is 15.8. The van der Waals surface area contributed by atoms with Crippen LogP contribution >= 0.6 is 0 Å². The first-order chi connectivity index (χ1) is 14.5. The number of hydrogen-bond acceptors (Lipinski definition) is 4. The summed E-state index contributed by atoms with van der Waals surface area (Å²) in [4.78, 5) is 0. The van der Waals surface area contributed by atoms with Gasteiger partial charge in [0.25, 0.3) is 0 Å². The Balaban J connectivity index is 2.09. The molecule has 31 heavy (non-hydrogen) atoms. The van der Waals surface area contributed by atoms with Gasteiger partial charge in [0, 0.05) is 11.1 Å². The molecule has 0 radical (unpaired) electrons. The van der Waals surface area contributed by atoms with E-state index < -0.39 is 29.6 Å². The summed E-state index contributed by atoms with van der Waals surface area (Å²) >= 11 is 0. The molecular weight excluding hydrogens is 426 g/mol. The predicted octanol–water partition coefficient (Wildman–Crippen LogP) is 5.91. The molecule has 3 aromatic rings. The molecule has 1 aromatic heterocycles. The molecule has 1 heterocycles.